The predicted octanol–water partition coefficient (Wildman–Crippen LogP) is 4.00. The molecule has 0 saturated carbocycles. The first-order valence-corrected chi connectivity index (χ1v) is 11.3. The summed E-state index contributed by atoms with van der Waals surface area (Å²) in [7, 11) is 0. The molecule has 34 heavy (non-hydrogen) atoms. The first-order chi connectivity index (χ1) is 16.6. The third-order valence-electron chi connectivity index (χ3n) is 6.43. The molecular formula is C26H25NO7. The van der Waals surface area contributed by atoms with Gasteiger partial charge in [0, 0.05) is 5.92 Å². The van der Waals surface area contributed by atoms with Crippen molar-refractivity contribution in [2.75, 3.05) is 6.61 Å². The second kappa shape index (κ2) is 9.69. The molecule has 2 saturated heterocycles. The molecule has 3 heterocycles. The molecule has 2 bridgehead atoms. The summed E-state index contributed by atoms with van der Waals surface area (Å²) in [6.45, 7) is -0.239. The normalized spacial score (nSPS) is 23.1. The van der Waals surface area contributed by atoms with Gasteiger partial charge in [-0.05, 0) is 36.5 Å². The number of fused-ring (bicyclic) bond motifs is 2. The van der Waals surface area contributed by atoms with Crippen LogP contribution in [0.4, 0.5) is 0 Å². The lowest BCUT2D eigenvalue weighted by Crippen LogP contribution is -2.28. The number of carboxylic acid groups (broad SMARTS) is 1. The van der Waals surface area contributed by atoms with Gasteiger partial charge in [0.25, 0.3) is 0 Å². The number of carbonyl (C=O) groups is 2. The quantitative estimate of drug-likeness (QED) is 0.475. The summed E-state index contributed by atoms with van der Waals surface area (Å²) in [5.41, 5.74) is 1.94. The highest BCUT2D eigenvalue weighted by Gasteiger charge is 2.51. The highest BCUT2D eigenvalue weighted by atomic mass is 16.5. The maximum atomic E-state index is 12.5. The van der Waals surface area contributed by atoms with E-state index >= 15 is 0 Å². The van der Waals surface area contributed by atoms with E-state index in [4.69, 9.17) is 23.7 Å². The highest BCUT2D eigenvalue weighted by molar-refractivity contribution is 5.86. The molecule has 2 aliphatic rings. The van der Waals surface area contributed by atoms with Crippen molar-refractivity contribution in [3.63, 3.8) is 0 Å². The Bertz CT molecular complexity index is 1160. The van der Waals surface area contributed by atoms with Gasteiger partial charge in [0.2, 0.25) is 5.89 Å². The predicted molar refractivity (Wildman–Crippen MR) is 119 cm³/mol. The summed E-state index contributed by atoms with van der Waals surface area (Å²) < 4.78 is 22.8. The van der Waals surface area contributed by atoms with Crippen LogP contribution in [0, 0.1) is 5.92 Å². The topological polar surface area (TPSA) is 108 Å². The molecule has 176 valence electrons. The summed E-state index contributed by atoms with van der Waals surface area (Å²) >= 11 is 0. The van der Waals surface area contributed by atoms with E-state index in [1.807, 2.05) is 48.5 Å². The Labute approximate surface area is 196 Å². The molecule has 5 rings (SSSR count). The van der Waals surface area contributed by atoms with E-state index in [1.165, 1.54) is 6.26 Å². The van der Waals surface area contributed by atoms with Gasteiger partial charge >= 0.3 is 11.9 Å². The zero-order chi connectivity index (χ0) is 23.5. The van der Waals surface area contributed by atoms with Gasteiger partial charge in [0.05, 0.1) is 18.1 Å². The standard InChI is InChI=1S/C26H25NO7/c28-23(29)15-31-20-9-5-4-8-17(20)12-18-21-10-11-22(34-21)24(18)25-27-19(14-32-25)26(30)33-13-16-6-2-1-3-7-16/h1-9,14,18,21-22,24H,10-13,15H2,(H,28,29). The van der Waals surface area contributed by atoms with Crippen LogP contribution in [0.2, 0.25) is 0 Å². The number of aromatic nitrogens is 1. The van der Waals surface area contributed by atoms with Crippen molar-refractivity contribution in [1.82, 2.24) is 4.98 Å². The van der Waals surface area contributed by atoms with Crippen LogP contribution in [0.25, 0.3) is 0 Å². The largest absolute Gasteiger partial charge is 0.482 e. The Morgan fingerprint density at radius 3 is 2.62 bits per heavy atom. The SMILES string of the molecule is O=C(O)COc1ccccc1CC1C2CCC(O2)C1c1nc(C(=O)OCc2ccccc2)co1. The van der Waals surface area contributed by atoms with Crippen molar-refractivity contribution in [3.8, 4) is 5.75 Å². The molecule has 0 radical (unpaired) electrons. The lowest BCUT2D eigenvalue weighted by atomic mass is 9.76. The van der Waals surface area contributed by atoms with Crippen molar-refractivity contribution in [2.45, 2.75) is 44.0 Å². The first-order valence-electron chi connectivity index (χ1n) is 11.3. The van der Waals surface area contributed by atoms with Crippen LogP contribution in [0.3, 0.4) is 0 Å². The molecule has 2 aromatic carbocycles. The molecule has 4 unspecified atom stereocenters. The Balaban J connectivity index is 1.30. The van der Waals surface area contributed by atoms with E-state index in [2.05, 4.69) is 4.98 Å². The van der Waals surface area contributed by atoms with Crippen LogP contribution in [-0.2, 0) is 27.3 Å². The Kier molecular flexibility index (Phi) is 6.31. The molecule has 0 spiro atoms. The number of rotatable bonds is 9. The lowest BCUT2D eigenvalue weighted by molar-refractivity contribution is -0.139. The van der Waals surface area contributed by atoms with Gasteiger partial charge in [-0.1, -0.05) is 48.5 Å². The number of hydrogen-bond acceptors (Lipinski definition) is 7. The number of carboxylic acids is 1. The number of aliphatic carboxylic acids is 1. The number of carbonyl (C=O) groups excluding carboxylic acids is 1. The zero-order valence-corrected chi connectivity index (χ0v) is 18.5. The van der Waals surface area contributed by atoms with Gasteiger partial charge < -0.3 is 23.7 Å². The number of benzene rings is 2. The molecule has 2 fully saturated rings. The minimum atomic E-state index is -1.03. The van der Waals surface area contributed by atoms with Crippen molar-refractivity contribution in [1.29, 1.82) is 0 Å². The van der Waals surface area contributed by atoms with Crippen LogP contribution in [0.1, 0.15) is 46.3 Å². The van der Waals surface area contributed by atoms with E-state index in [0.29, 0.717) is 18.1 Å². The molecule has 1 N–H and O–H groups in total. The van der Waals surface area contributed by atoms with Gasteiger partial charge in [-0.15, -0.1) is 0 Å². The third-order valence-corrected chi connectivity index (χ3v) is 6.43. The van der Waals surface area contributed by atoms with Crippen LogP contribution in [0.5, 0.6) is 5.75 Å². The Morgan fingerprint density at radius 1 is 1.03 bits per heavy atom. The maximum absolute atomic E-state index is 12.5. The summed E-state index contributed by atoms with van der Waals surface area (Å²) in [6.07, 6.45) is 3.82. The molecule has 3 aromatic rings. The minimum Gasteiger partial charge on any atom is -0.482 e. The van der Waals surface area contributed by atoms with E-state index in [9.17, 15) is 9.59 Å². The van der Waals surface area contributed by atoms with Gasteiger partial charge in [-0.2, -0.15) is 0 Å². The molecular weight excluding hydrogens is 438 g/mol. The smallest absolute Gasteiger partial charge is 0.360 e. The molecule has 2 aliphatic heterocycles. The number of para-hydroxylation sites is 1. The van der Waals surface area contributed by atoms with Crippen molar-refractivity contribution < 1.29 is 33.3 Å². The fourth-order valence-electron chi connectivity index (χ4n) is 4.91. The molecule has 4 atom stereocenters. The van der Waals surface area contributed by atoms with Gasteiger partial charge in [-0.3, -0.25) is 0 Å². The lowest BCUT2D eigenvalue weighted by Gasteiger charge is -2.26. The Hall–Kier alpha value is -3.65. The van der Waals surface area contributed by atoms with Gasteiger partial charge in [0.15, 0.2) is 12.3 Å². The number of ether oxygens (including phenoxy) is 3. The van der Waals surface area contributed by atoms with E-state index in [-0.39, 0.29) is 36.3 Å². The minimum absolute atomic E-state index is 0.0334. The van der Waals surface area contributed by atoms with E-state index in [1.54, 1.807) is 6.07 Å². The van der Waals surface area contributed by atoms with Crippen molar-refractivity contribution in [2.24, 2.45) is 5.92 Å². The molecule has 8 nitrogen and oxygen atoms in total. The number of esters is 1. The summed E-state index contributed by atoms with van der Waals surface area (Å²) in [5.74, 6) is -0.590. The summed E-state index contributed by atoms with van der Waals surface area (Å²) in [5, 5.41) is 8.97. The number of oxazole rings is 1. The van der Waals surface area contributed by atoms with Crippen LogP contribution in [-0.4, -0.2) is 40.8 Å². The van der Waals surface area contributed by atoms with Crippen LogP contribution >= 0.6 is 0 Å². The summed E-state index contributed by atoms with van der Waals surface area (Å²) in [6, 6.07) is 16.9. The van der Waals surface area contributed by atoms with Crippen LogP contribution < -0.4 is 4.74 Å². The molecule has 1 aromatic heterocycles. The van der Waals surface area contributed by atoms with Crippen molar-refractivity contribution in [3.05, 3.63) is 83.6 Å². The molecule has 0 amide bonds. The van der Waals surface area contributed by atoms with Gasteiger partial charge in [0.1, 0.15) is 18.6 Å². The van der Waals surface area contributed by atoms with Gasteiger partial charge in [-0.25, -0.2) is 14.6 Å². The average Bonchev–Trinajstić information content (AvgIpc) is 3.59. The first kappa shape index (κ1) is 22.2. The van der Waals surface area contributed by atoms with E-state index < -0.39 is 18.5 Å². The Morgan fingerprint density at radius 2 is 1.79 bits per heavy atom. The van der Waals surface area contributed by atoms with Crippen LogP contribution in [0.15, 0.2) is 65.3 Å². The third kappa shape index (κ3) is 4.68. The highest BCUT2D eigenvalue weighted by Crippen LogP contribution is 2.50. The second-order valence-electron chi connectivity index (χ2n) is 8.61. The molecule has 0 aliphatic carbocycles. The fraction of sp³-hybridized carbons (Fsp3) is 0.346. The maximum Gasteiger partial charge on any atom is 0.360 e. The zero-order valence-electron chi connectivity index (χ0n) is 18.5. The fourth-order valence-corrected chi connectivity index (χ4v) is 4.91. The second-order valence-corrected chi connectivity index (χ2v) is 8.61. The monoisotopic (exact) mass is 463 g/mol. The summed E-state index contributed by atoms with van der Waals surface area (Å²) in [4.78, 5) is 27.9. The number of hydrogen-bond donors (Lipinski definition) is 1. The molecule has 8 heteroatoms. The number of nitrogens with zero attached hydrogens (tertiary/aromatic N) is 1. The average molecular weight is 463 g/mol. The van der Waals surface area contributed by atoms with Crippen molar-refractivity contribution >= 4 is 11.9 Å². The van der Waals surface area contributed by atoms with E-state index in [0.717, 1.165) is 24.0 Å².